The van der Waals surface area contributed by atoms with Crippen LogP contribution < -0.4 is 15.4 Å². The van der Waals surface area contributed by atoms with Crippen molar-refractivity contribution in [3.05, 3.63) is 59.2 Å². The molecule has 0 bridgehead atoms. The maximum atomic E-state index is 13.1. The predicted molar refractivity (Wildman–Crippen MR) is 95.8 cm³/mol. The molecule has 0 saturated carbocycles. The van der Waals surface area contributed by atoms with Gasteiger partial charge in [-0.25, -0.2) is 0 Å². The van der Waals surface area contributed by atoms with Crippen molar-refractivity contribution >= 4 is 34.7 Å². The van der Waals surface area contributed by atoms with Gasteiger partial charge >= 0.3 is 6.18 Å². The lowest BCUT2D eigenvalue weighted by Crippen LogP contribution is -2.09. The van der Waals surface area contributed by atoms with Crippen molar-refractivity contribution in [2.45, 2.75) is 6.18 Å². The van der Waals surface area contributed by atoms with Crippen molar-refractivity contribution in [2.24, 2.45) is 0 Å². The van der Waals surface area contributed by atoms with Crippen LogP contribution >= 0.6 is 11.6 Å². The topological polar surface area (TPSA) is 72.0 Å². The molecule has 0 fully saturated rings. The molecule has 0 aliphatic heterocycles. The Kier molecular flexibility index (Phi) is 5.31. The highest BCUT2D eigenvalue weighted by Crippen LogP contribution is 2.35. The third kappa shape index (κ3) is 4.56. The number of hydrogen-bond acceptors (Lipinski definition) is 6. The first-order valence-electron chi connectivity index (χ1n) is 7.60. The van der Waals surface area contributed by atoms with Crippen LogP contribution in [0.3, 0.4) is 0 Å². The van der Waals surface area contributed by atoms with Gasteiger partial charge in [0.1, 0.15) is 5.75 Å². The van der Waals surface area contributed by atoms with Crippen molar-refractivity contribution in [1.82, 2.24) is 15.2 Å². The summed E-state index contributed by atoms with van der Waals surface area (Å²) in [4.78, 5) is 4.12. The quantitative estimate of drug-likeness (QED) is 0.630. The number of nitrogens with one attached hydrogen (secondary N) is 2. The Bertz CT molecular complexity index is 952. The molecule has 27 heavy (non-hydrogen) atoms. The van der Waals surface area contributed by atoms with Gasteiger partial charge in [0.15, 0.2) is 5.82 Å². The zero-order valence-corrected chi connectivity index (χ0v) is 14.6. The fourth-order valence-corrected chi connectivity index (χ4v) is 2.52. The van der Waals surface area contributed by atoms with Crippen molar-refractivity contribution in [2.75, 3.05) is 17.7 Å². The maximum absolute atomic E-state index is 13.1. The molecule has 0 radical (unpaired) electrons. The molecule has 0 aliphatic rings. The molecule has 0 unspecified atom stereocenters. The summed E-state index contributed by atoms with van der Waals surface area (Å²) in [6, 6.07) is 10.0. The van der Waals surface area contributed by atoms with Crippen molar-refractivity contribution < 1.29 is 17.9 Å². The Morgan fingerprint density at radius 1 is 1.07 bits per heavy atom. The summed E-state index contributed by atoms with van der Waals surface area (Å²) in [5, 5.41) is 13.4. The predicted octanol–water partition coefficient (Wildman–Crippen LogP) is 5.04. The molecule has 1 heterocycles. The molecule has 3 rings (SSSR count). The van der Waals surface area contributed by atoms with E-state index in [1.54, 1.807) is 18.2 Å². The average Bonchev–Trinajstić information content (AvgIpc) is 2.62. The lowest BCUT2D eigenvalue weighted by Gasteiger charge is -2.14. The van der Waals surface area contributed by atoms with E-state index in [1.165, 1.54) is 31.5 Å². The first kappa shape index (κ1) is 18.7. The molecule has 0 spiro atoms. The van der Waals surface area contributed by atoms with Crippen LogP contribution in [0.15, 0.2) is 48.7 Å². The molecule has 1 aromatic heterocycles. The lowest BCUT2D eigenvalue weighted by molar-refractivity contribution is -0.136. The van der Waals surface area contributed by atoms with Gasteiger partial charge in [-0.05, 0) is 30.3 Å². The average molecular weight is 396 g/mol. The minimum Gasteiger partial charge on any atom is -0.495 e. The summed E-state index contributed by atoms with van der Waals surface area (Å²) < 4.78 is 44.4. The summed E-state index contributed by atoms with van der Waals surface area (Å²) in [6.45, 7) is 0. The van der Waals surface area contributed by atoms with Crippen LogP contribution in [-0.4, -0.2) is 22.3 Å². The Morgan fingerprint density at radius 2 is 1.85 bits per heavy atom. The molecule has 0 atom stereocenters. The normalized spacial score (nSPS) is 11.1. The van der Waals surface area contributed by atoms with Crippen LogP contribution in [0, 0.1) is 0 Å². The number of para-hydroxylation sites is 1. The van der Waals surface area contributed by atoms with Crippen LogP contribution in [0.1, 0.15) is 5.56 Å². The summed E-state index contributed by atoms with van der Waals surface area (Å²) >= 11 is 6.05. The zero-order valence-electron chi connectivity index (χ0n) is 13.9. The highest BCUT2D eigenvalue weighted by molar-refractivity contribution is 6.32. The largest absolute Gasteiger partial charge is 0.495 e. The minimum absolute atomic E-state index is 0.0886. The van der Waals surface area contributed by atoms with E-state index in [0.29, 0.717) is 16.5 Å². The standard InChI is InChI=1S/C17H13ClF3N5O/c1-27-14-7-6-10(8-12(14)18)23-16-25-15(9-22-26-16)24-13-5-3-2-4-11(13)17(19,20)21/h2-9H,1H3,(H2,23,24,25,26). The molecule has 2 aromatic carbocycles. The molecule has 2 N–H and O–H groups in total. The monoisotopic (exact) mass is 395 g/mol. The highest BCUT2D eigenvalue weighted by atomic mass is 35.5. The minimum atomic E-state index is -4.50. The van der Waals surface area contributed by atoms with Gasteiger partial charge in [-0.2, -0.15) is 23.3 Å². The second kappa shape index (κ2) is 7.67. The molecule has 140 valence electrons. The number of alkyl halides is 3. The van der Waals surface area contributed by atoms with Crippen LogP contribution in [0.4, 0.5) is 36.3 Å². The highest BCUT2D eigenvalue weighted by Gasteiger charge is 2.33. The molecule has 0 aliphatic carbocycles. The second-order valence-corrected chi connectivity index (χ2v) is 5.72. The molecular weight excluding hydrogens is 383 g/mol. The number of methoxy groups -OCH3 is 1. The summed E-state index contributed by atoms with van der Waals surface area (Å²) in [5.41, 5.74) is -0.376. The number of hydrogen-bond donors (Lipinski definition) is 2. The van der Waals surface area contributed by atoms with Gasteiger partial charge in [-0.1, -0.05) is 23.7 Å². The van der Waals surface area contributed by atoms with Gasteiger partial charge < -0.3 is 15.4 Å². The van der Waals surface area contributed by atoms with Crippen LogP contribution in [0.2, 0.25) is 5.02 Å². The first-order valence-corrected chi connectivity index (χ1v) is 7.98. The molecular formula is C17H13ClF3N5O. The number of aromatic nitrogens is 3. The van der Waals surface area contributed by atoms with Crippen molar-refractivity contribution in [3.8, 4) is 5.75 Å². The van der Waals surface area contributed by atoms with E-state index < -0.39 is 11.7 Å². The number of benzene rings is 2. The molecule has 0 saturated heterocycles. The van der Waals surface area contributed by atoms with Crippen LogP contribution in [-0.2, 0) is 6.18 Å². The zero-order chi connectivity index (χ0) is 19.4. The van der Waals surface area contributed by atoms with Gasteiger partial charge in [0, 0.05) is 5.69 Å². The smallest absolute Gasteiger partial charge is 0.418 e. The van der Waals surface area contributed by atoms with E-state index in [0.717, 1.165) is 6.07 Å². The lowest BCUT2D eigenvalue weighted by atomic mass is 10.1. The number of rotatable bonds is 5. The van der Waals surface area contributed by atoms with E-state index in [9.17, 15) is 13.2 Å². The van der Waals surface area contributed by atoms with Gasteiger partial charge in [0.05, 0.1) is 29.6 Å². The summed E-state index contributed by atoms with van der Waals surface area (Å²) in [6.07, 6.45) is -3.27. The maximum Gasteiger partial charge on any atom is 0.418 e. The van der Waals surface area contributed by atoms with Crippen molar-refractivity contribution in [3.63, 3.8) is 0 Å². The molecule has 3 aromatic rings. The fourth-order valence-electron chi connectivity index (χ4n) is 2.27. The molecule has 6 nitrogen and oxygen atoms in total. The van der Waals surface area contributed by atoms with Crippen molar-refractivity contribution in [1.29, 1.82) is 0 Å². The van der Waals surface area contributed by atoms with Gasteiger partial charge in [-0.3, -0.25) is 0 Å². The van der Waals surface area contributed by atoms with Gasteiger partial charge in [-0.15, -0.1) is 5.10 Å². The Balaban J connectivity index is 1.82. The summed E-state index contributed by atoms with van der Waals surface area (Å²) in [5.74, 6) is 0.690. The van der Waals surface area contributed by atoms with Crippen LogP contribution in [0.5, 0.6) is 5.75 Å². The van der Waals surface area contributed by atoms with E-state index in [-0.39, 0.29) is 17.5 Å². The van der Waals surface area contributed by atoms with E-state index in [2.05, 4.69) is 25.8 Å². The van der Waals surface area contributed by atoms with E-state index in [1.807, 2.05) is 0 Å². The number of nitrogens with zero attached hydrogens (tertiary/aromatic N) is 3. The molecule has 0 amide bonds. The molecule has 10 heteroatoms. The first-order chi connectivity index (χ1) is 12.9. The number of halogens is 4. The third-order valence-corrected chi connectivity index (χ3v) is 3.76. The van der Waals surface area contributed by atoms with Gasteiger partial charge in [0.25, 0.3) is 0 Å². The third-order valence-electron chi connectivity index (χ3n) is 3.46. The Morgan fingerprint density at radius 3 is 2.56 bits per heavy atom. The van der Waals surface area contributed by atoms with Gasteiger partial charge in [0.2, 0.25) is 5.95 Å². The Labute approximate surface area is 157 Å². The second-order valence-electron chi connectivity index (χ2n) is 5.31. The Hall–Kier alpha value is -3.07. The fraction of sp³-hybridized carbons (Fsp3) is 0.118. The number of ether oxygens (including phenoxy) is 1. The van der Waals surface area contributed by atoms with E-state index in [4.69, 9.17) is 16.3 Å². The van der Waals surface area contributed by atoms with E-state index >= 15 is 0 Å². The summed E-state index contributed by atoms with van der Waals surface area (Å²) in [7, 11) is 1.50. The van der Waals surface area contributed by atoms with Crippen LogP contribution in [0.25, 0.3) is 0 Å². The SMILES string of the molecule is COc1ccc(Nc2nncc(Nc3ccccc3C(F)(F)F)n2)cc1Cl. The number of anilines is 4.